The third-order valence-electron chi connectivity index (χ3n) is 4.55. The number of carbonyl (C=O) groups is 1. The van der Waals surface area contributed by atoms with Crippen LogP contribution in [0.15, 0.2) is 67.3 Å². The summed E-state index contributed by atoms with van der Waals surface area (Å²) in [6, 6.07) is 13.5. The summed E-state index contributed by atoms with van der Waals surface area (Å²) in [5.74, 6) is 0.342. The summed E-state index contributed by atoms with van der Waals surface area (Å²) >= 11 is 0. The zero-order chi connectivity index (χ0) is 19.3. The number of ether oxygens (including phenoxy) is 1. The van der Waals surface area contributed by atoms with Crippen LogP contribution in [-0.2, 0) is 17.8 Å². The monoisotopic (exact) mass is 375 g/mol. The molecule has 3 aromatic heterocycles. The van der Waals surface area contributed by atoms with Crippen LogP contribution in [0.3, 0.4) is 0 Å². The lowest BCUT2D eigenvalue weighted by Crippen LogP contribution is -2.13. The van der Waals surface area contributed by atoms with Gasteiger partial charge in [-0.2, -0.15) is 5.10 Å². The van der Waals surface area contributed by atoms with Crippen molar-refractivity contribution in [2.45, 2.75) is 13.1 Å². The average Bonchev–Trinajstić information content (AvgIpc) is 3.31. The van der Waals surface area contributed by atoms with Gasteiger partial charge in [-0.1, -0.05) is 18.2 Å². The van der Waals surface area contributed by atoms with Gasteiger partial charge in [-0.3, -0.25) is 14.5 Å². The SMILES string of the molecule is COCCn1cc(C(=O)Nc2ccn(Cc3ccncc3)n2)c2ccccc21. The first-order valence-electron chi connectivity index (χ1n) is 9.05. The molecule has 0 aliphatic rings. The molecule has 0 atom stereocenters. The van der Waals surface area contributed by atoms with E-state index in [0.29, 0.717) is 31.1 Å². The van der Waals surface area contributed by atoms with E-state index in [1.165, 1.54) is 0 Å². The van der Waals surface area contributed by atoms with E-state index in [-0.39, 0.29) is 5.91 Å². The number of hydrogen-bond acceptors (Lipinski definition) is 4. The van der Waals surface area contributed by atoms with Crippen LogP contribution in [0.1, 0.15) is 15.9 Å². The Morgan fingerprint density at radius 2 is 1.96 bits per heavy atom. The van der Waals surface area contributed by atoms with Crippen LogP contribution in [0, 0.1) is 0 Å². The van der Waals surface area contributed by atoms with Gasteiger partial charge in [-0.25, -0.2) is 0 Å². The lowest BCUT2D eigenvalue weighted by atomic mass is 10.1. The lowest BCUT2D eigenvalue weighted by molar-refractivity contribution is 0.102. The van der Waals surface area contributed by atoms with Crippen LogP contribution >= 0.6 is 0 Å². The van der Waals surface area contributed by atoms with E-state index in [4.69, 9.17) is 4.74 Å². The fourth-order valence-corrected chi connectivity index (χ4v) is 3.18. The number of carbonyl (C=O) groups excluding carboxylic acids is 1. The van der Waals surface area contributed by atoms with E-state index >= 15 is 0 Å². The van der Waals surface area contributed by atoms with Crippen LogP contribution in [0.5, 0.6) is 0 Å². The molecule has 1 aromatic carbocycles. The Hall–Kier alpha value is -3.45. The number of methoxy groups -OCH3 is 1. The number of para-hydroxylation sites is 1. The van der Waals surface area contributed by atoms with Crippen molar-refractivity contribution in [2.75, 3.05) is 19.0 Å². The first kappa shape index (κ1) is 17.9. The van der Waals surface area contributed by atoms with Gasteiger partial charge in [0.25, 0.3) is 5.91 Å². The number of fused-ring (bicyclic) bond motifs is 1. The number of aromatic nitrogens is 4. The zero-order valence-corrected chi connectivity index (χ0v) is 15.6. The number of hydrogen-bond donors (Lipinski definition) is 1. The Bertz CT molecular complexity index is 1080. The van der Waals surface area contributed by atoms with Crippen LogP contribution < -0.4 is 5.32 Å². The van der Waals surface area contributed by atoms with Gasteiger partial charge in [0.05, 0.1) is 18.7 Å². The van der Waals surface area contributed by atoms with Gasteiger partial charge in [0.1, 0.15) is 0 Å². The fourth-order valence-electron chi connectivity index (χ4n) is 3.18. The Kier molecular flexibility index (Phi) is 5.16. The number of anilines is 1. The first-order valence-corrected chi connectivity index (χ1v) is 9.05. The highest BCUT2D eigenvalue weighted by molar-refractivity contribution is 6.12. The summed E-state index contributed by atoms with van der Waals surface area (Å²) in [5.41, 5.74) is 2.72. The molecule has 0 bridgehead atoms. The number of amides is 1. The highest BCUT2D eigenvalue weighted by atomic mass is 16.5. The van der Waals surface area contributed by atoms with Crippen LogP contribution in [0.4, 0.5) is 5.82 Å². The highest BCUT2D eigenvalue weighted by Crippen LogP contribution is 2.22. The Morgan fingerprint density at radius 3 is 2.79 bits per heavy atom. The van der Waals surface area contributed by atoms with Crippen LogP contribution in [-0.4, -0.2) is 39.0 Å². The second-order valence-corrected chi connectivity index (χ2v) is 6.45. The molecule has 7 nitrogen and oxygen atoms in total. The Morgan fingerprint density at radius 1 is 1.14 bits per heavy atom. The summed E-state index contributed by atoms with van der Waals surface area (Å²) < 4.78 is 9.00. The maximum absolute atomic E-state index is 12.9. The third kappa shape index (κ3) is 3.79. The number of pyridine rings is 1. The summed E-state index contributed by atoms with van der Waals surface area (Å²) in [7, 11) is 1.67. The van der Waals surface area contributed by atoms with Gasteiger partial charge < -0.3 is 14.6 Å². The topological polar surface area (TPSA) is 74.0 Å². The maximum Gasteiger partial charge on any atom is 0.259 e. The molecule has 0 saturated heterocycles. The predicted molar refractivity (Wildman–Crippen MR) is 107 cm³/mol. The third-order valence-corrected chi connectivity index (χ3v) is 4.55. The molecule has 1 amide bonds. The molecule has 0 spiro atoms. The number of benzene rings is 1. The highest BCUT2D eigenvalue weighted by Gasteiger charge is 2.16. The molecule has 0 aliphatic carbocycles. The molecule has 7 heteroatoms. The van der Waals surface area contributed by atoms with Gasteiger partial charge in [-0.15, -0.1) is 0 Å². The second-order valence-electron chi connectivity index (χ2n) is 6.45. The van der Waals surface area contributed by atoms with Gasteiger partial charge in [0.15, 0.2) is 5.82 Å². The van der Waals surface area contributed by atoms with Crippen molar-refractivity contribution >= 4 is 22.6 Å². The Balaban J connectivity index is 1.53. The molecule has 4 aromatic rings. The fraction of sp³-hybridized carbons (Fsp3) is 0.190. The Labute approximate surface area is 162 Å². The van der Waals surface area contributed by atoms with Crippen LogP contribution in [0.2, 0.25) is 0 Å². The summed E-state index contributed by atoms with van der Waals surface area (Å²) in [6.45, 7) is 1.89. The van der Waals surface area contributed by atoms with E-state index in [9.17, 15) is 4.79 Å². The molecular formula is C21H21N5O2. The van der Waals surface area contributed by atoms with Crippen molar-refractivity contribution in [3.8, 4) is 0 Å². The summed E-state index contributed by atoms with van der Waals surface area (Å²) in [5, 5.41) is 8.25. The molecular weight excluding hydrogens is 354 g/mol. The van der Waals surface area contributed by atoms with E-state index < -0.39 is 0 Å². The normalized spacial score (nSPS) is 11.0. The number of nitrogens with zero attached hydrogens (tertiary/aromatic N) is 4. The number of nitrogens with one attached hydrogen (secondary N) is 1. The lowest BCUT2D eigenvalue weighted by Gasteiger charge is -2.03. The van der Waals surface area contributed by atoms with E-state index in [2.05, 4.69) is 15.4 Å². The number of rotatable bonds is 7. The van der Waals surface area contributed by atoms with Gasteiger partial charge in [0.2, 0.25) is 0 Å². The maximum atomic E-state index is 12.9. The largest absolute Gasteiger partial charge is 0.383 e. The van der Waals surface area contributed by atoms with Crippen molar-refractivity contribution in [3.63, 3.8) is 0 Å². The smallest absolute Gasteiger partial charge is 0.259 e. The average molecular weight is 375 g/mol. The standard InChI is InChI=1S/C21H21N5O2/c1-28-13-12-25-15-18(17-4-2-3-5-19(17)25)21(27)23-20-8-11-26(24-20)14-16-6-9-22-10-7-16/h2-11,15H,12-14H2,1H3,(H,23,24,27). The first-order chi connectivity index (χ1) is 13.7. The molecule has 142 valence electrons. The molecule has 28 heavy (non-hydrogen) atoms. The zero-order valence-electron chi connectivity index (χ0n) is 15.6. The van der Waals surface area contributed by atoms with E-state index in [1.807, 2.05) is 53.4 Å². The summed E-state index contributed by atoms with van der Waals surface area (Å²) in [6.07, 6.45) is 7.21. The van der Waals surface area contributed by atoms with Gasteiger partial charge in [-0.05, 0) is 23.8 Å². The quantitative estimate of drug-likeness (QED) is 0.538. The summed E-state index contributed by atoms with van der Waals surface area (Å²) in [4.78, 5) is 16.9. The van der Waals surface area contributed by atoms with Crippen molar-refractivity contribution in [1.82, 2.24) is 19.3 Å². The van der Waals surface area contributed by atoms with Crippen LogP contribution in [0.25, 0.3) is 10.9 Å². The minimum atomic E-state index is -0.179. The van der Waals surface area contributed by atoms with Crippen molar-refractivity contribution < 1.29 is 9.53 Å². The van der Waals surface area contributed by atoms with E-state index in [1.54, 1.807) is 30.3 Å². The van der Waals surface area contributed by atoms with Crippen molar-refractivity contribution in [1.29, 1.82) is 0 Å². The molecule has 0 saturated carbocycles. The van der Waals surface area contributed by atoms with Crippen molar-refractivity contribution in [2.24, 2.45) is 0 Å². The minimum Gasteiger partial charge on any atom is -0.383 e. The second kappa shape index (κ2) is 8.06. The molecule has 1 N–H and O–H groups in total. The molecule has 4 rings (SSSR count). The molecule has 0 aliphatic heterocycles. The van der Waals surface area contributed by atoms with Gasteiger partial charge >= 0.3 is 0 Å². The minimum absolute atomic E-state index is 0.179. The van der Waals surface area contributed by atoms with E-state index in [0.717, 1.165) is 16.5 Å². The predicted octanol–water partition coefficient (Wildman–Crippen LogP) is 3.18. The molecule has 3 heterocycles. The van der Waals surface area contributed by atoms with Gasteiger partial charge in [0, 0.05) is 55.4 Å². The van der Waals surface area contributed by atoms with Crippen molar-refractivity contribution in [3.05, 3.63) is 78.4 Å². The molecule has 0 unspecified atom stereocenters. The molecule has 0 radical (unpaired) electrons. The molecule has 0 fully saturated rings.